The van der Waals surface area contributed by atoms with Crippen molar-refractivity contribution in [2.45, 2.75) is 18.6 Å². The van der Waals surface area contributed by atoms with Crippen molar-refractivity contribution in [3.8, 4) is 0 Å². The fourth-order valence-corrected chi connectivity index (χ4v) is 3.15. The molecule has 19 heavy (non-hydrogen) atoms. The molecule has 0 radical (unpaired) electrons. The zero-order valence-electron chi connectivity index (χ0n) is 11.3. The van der Waals surface area contributed by atoms with Crippen LogP contribution in [0.25, 0.3) is 0 Å². The summed E-state index contributed by atoms with van der Waals surface area (Å²) < 4.78 is 6.08. The van der Waals surface area contributed by atoms with E-state index in [2.05, 4.69) is 47.1 Å². The zero-order chi connectivity index (χ0) is 13.1. The van der Waals surface area contributed by atoms with Gasteiger partial charge in [0.05, 0.1) is 12.6 Å². The molecular formula is C16H22N2O. The SMILES string of the molecule is C=CC(C1OCCc2ccccc21)N1CCNCC1. The summed E-state index contributed by atoms with van der Waals surface area (Å²) in [5, 5.41) is 3.40. The molecule has 1 N–H and O–H groups in total. The van der Waals surface area contributed by atoms with E-state index in [9.17, 15) is 0 Å². The van der Waals surface area contributed by atoms with Crippen LogP contribution in [-0.2, 0) is 11.2 Å². The van der Waals surface area contributed by atoms with Crippen LogP contribution in [0.3, 0.4) is 0 Å². The summed E-state index contributed by atoms with van der Waals surface area (Å²) in [6.07, 6.45) is 3.22. The van der Waals surface area contributed by atoms with E-state index in [4.69, 9.17) is 4.74 Å². The maximum absolute atomic E-state index is 6.08. The number of rotatable bonds is 3. The number of piperazine rings is 1. The molecule has 1 aromatic rings. The Morgan fingerprint density at radius 1 is 1.32 bits per heavy atom. The third-order valence-electron chi connectivity index (χ3n) is 4.16. The van der Waals surface area contributed by atoms with Gasteiger partial charge < -0.3 is 10.1 Å². The second kappa shape index (κ2) is 5.87. The highest BCUT2D eigenvalue weighted by Crippen LogP contribution is 2.32. The van der Waals surface area contributed by atoms with Gasteiger partial charge in [0.2, 0.25) is 0 Å². The first-order valence-electron chi connectivity index (χ1n) is 7.17. The van der Waals surface area contributed by atoms with Gasteiger partial charge >= 0.3 is 0 Å². The number of ether oxygens (including phenoxy) is 1. The van der Waals surface area contributed by atoms with Crippen LogP contribution in [-0.4, -0.2) is 43.7 Å². The topological polar surface area (TPSA) is 24.5 Å². The van der Waals surface area contributed by atoms with Gasteiger partial charge in [-0.25, -0.2) is 0 Å². The molecular weight excluding hydrogens is 236 g/mol. The minimum atomic E-state index is 0.139. The molecule has 3 heteroatoms. The maximum atomic E-state index is 6.08. The first kappa shape index (κ1) is 12.9. The average molecular weight is 258 g/mol. The van der Waals surface area contributed by atoms with Crippen molar-refractivity contribution in [1.29, 1.82) is 0 Å². The molecule has 0 amide bonds. The lowest BCUT2D eigenvalue weighted by molar-refractivity contribution is -0.0115. The first-order valence-corrected chi connectivity index (χ1v) is 7.17. The minimum absolute atomic E-state index is 0.139. The largest absolute Gasteiger partial charge is 0.371 e. The number of hydrogen-bond acceptors (Lipinski definition) is 3. The Balaban J connectivity index is 1.85. The van der Waals surface area contributed by atoms with Crippen molar-refractivity contribution in [2.75, 3.05) is 32.8 Å². The van der Waals surface area contributed by atoms with Gasteiger partial charge in [-0.2, -0.15) is 0 Å². The Morgan fingerprint density at radius 3 is 2.89 bits per heavy atom. The number of nitrogens with zero attached hydrogens (tertiary/aromatic N) is 1. The van der Waals surface area contributed by atoms with Gasteiger partial charge in [-0.3, -0.25) is 4.90 Å². The van der Waals surface area contributed by atoms with E-state index in [0.717, 1.165) is 39.2 Å². The average Bonchev–Trinajstić information content (AvgIpc) is 2.49. The molecule has 1 fully saturated rings. The lowest BCUT2D eigenvalue weighted by Gasteiger charge is -2.39. The van der Waals surface area contributed by atoms with Crippen molar-refractivity contribution < 1.29 is 4.74 Å². The van der Waals surface area contributed by atoms with Gasteiger partial charge in [-0.15, -0.1) is 6.58 Å². The summed E-state index contributed by atoms with van der Waals surface area (Å²) in [5.41, 5.74) is 2.78. The van der Waals surface area contributed by atoms with Gasteiger partial charge in [-0.1, -0.05) is 30.3 Å². The number of fused-ring (bicyclic) bond motifs is 1. The molecule has 2 aliphatic heterocycles. The number of nitrogens with one attached hydrogen (secondary N) is 1. The van der Waals surface area contributed by atoms with Crippen molar-refractivity contribution in [3.05, 3.63) is 48.0 Å². The molecule has 0 aliphatic carbocycles. The third kappa shape index (κ3) is 2.59. The standard InChI is InChI=1S/C16H22N2O/c1-2-15(18-10-8-17-9-11-18)16-14-6-4-3-5-13(14)7-12-19-16/h2-6,15-17H,1,7-12H2. The molecule has 0 aromatic heterocycles. The van der Waals surface area contributed by atoms with Crippen LogP contribution in [0.15, 0.2) is 36.9 Å². The highest BCUT2D eigenvalue weighted by Gasteiger charge is 2.31. The van der Waals surface area contributed by atoms with Crippen LogP contribution in [0.2, 0.25) is 0 Å². The summed E-state index contributed by atoms with van der Waals surface area (Å²) in [6.45, 7) is 9.10. The van der Waals surface area contributed by atoms with E-state index in [1.807, 2.05) is 0 Å². The van der Waals surface area contributed by atoms with Crippen LogP contribution < -0.4 is 5.32 Å². The molecule has 0 saturated carbocycles. The molecule has 102 valence electrons. The van der Waals surface area contributed by atoms with E-state index >= 15 is 0 Å². The summed E-state index contributed by atoms with van der Waals surface area (Å²) >= 11 is 0. The molecule has 1 aromatic carbocycles. The van der Waals surface area contributed by atoms with Crippen LogP contribution in [0.1, 0.15) is 17.2 Å². The quantitative estimate of drug-likeness (QED) is 0.836. The first-order chi connectivity index (χ1) is 9.40. The smallest absolute Gasteiger partial charge is 0.102 e. The number of hydrogen-bond donors (Lipinski definition) is 1. The van der Waals surface area contributed by atoms with E-state index in [1.165, 1.54) is 11.1 Å². The molecule has 2 aliphatic rings. The normalized spacial score (nSPS) is 25.6. The van der Waals surface area contributed by atoms with Crippen LogP contribution in [0, 0.1) is 0 Å². The second-order valence-corrected chi connectivity index (χ2v) is 5.25. The second-order valence-electron chi connectivity index (χ2n) is 5.25. The maximum Gasteiger partial charge on any atom is 0.102 e. The van der Waals surface area contributed by atoms with Gasteiger partial charge in [-0.05, 0) is 17.5 Å². The van der Waals surface area contributed by atoms with Crippen molar-refractivity contribution in [3.63, 3.8) is 0 Å². The Kier molecular flexibility index (Phi) is 3.97. The highest BCUT2D eigenvalue weighted by atomic mass is 16.5. The Hall–Kier alpha value is -1.16. The summed E-state index contributed by atoms with van der Waals surface area (Å²) in [4.78, 5) is 2.48. The molecule has 3 nitrogen and oxygen atoms in total. The Bertz CT molecular complexity index is 440. The summed E-state index contributed by atoms with van der Waals surface area (Å²) in [7, 11) is 0. The van der Waals surface area contributed by atoms with E-state index in [1.54, 1.807) is 0 Å². The van der Waals surface area contributed by atoms with Gasteiger partial charge in [0, 0.05) is 26.2 Å². The fourth-order valence-electron chi connectivity index (χ4n) is 3.15. The molecule has 2 heterocycles. The fraction of sp³-hybridized carbons (Fsp3) is 0.500. The summed E-state index contributed by atoms with van der Waals surface area (Å²) in [6, 6.07) is 8.94. The molecule has 0 spiro atoms. The summed E-state index contributed by atoms with van der Waals surface area (Å²) in [5.74, 6) is 0. The predicted molar refractivity (Wildman–Crippen MR) is 77.3 cm³/mol. The van der Waals surface area contributed by atoms with Crippen LogP contribution in [0.4, 0.5) is 0 Å². The third-order valence-corrected chi connectivity index (χ3v) is 4.16. The van der Waals surface area contributed by atoms with Crippen molar-refractivity contribution >= 4 is 0 Å². The minimum Gasteiger partial charge on any atom is -0.371 e. The van der Waals surface area contributed by atoms with E-state index < -0.39 is 0 Å². The van der Waals surface area contributed by atoms with Gasteiger partial charge in [0.1, 0.15) is 6.10 Å². The molecule has 2 unspecified atom stereocenters. The van der Waals surface area contributed by atoms with Crippen LogP contribution >= 0.6 is 0 Å². The molecule has 2 atom stereocenters. The monoisotopic (exact) mass is 258 g/mol. The Morgan fingerprint density at radius 2 is 2.11 bits per heavy atom. The molecule has 1 saturated heterocycles. The van der Waals surface area contributed by atoms with Crippen molar-refractivity contribution in [2.24, 2.45) is 0 Å². The predicted octanol–water partition coefficient (Wildman–Crippen LogP) is 1.76. The van der Waals surface area contributed by atoms with Crippen LogP contribution in [0.5, 0.6) is 0 Å². The lowest BCUT2D eigenvalue weighted by atomic mass is 9.92. The van der Waals surface area contributed by atoms with Gasteiger partial charge in [0.25, 0.3) is 0 Å². The number of benzene rings is 1. The van der Waals surface area contributed by atoms with Crippen molar-refractivity contribution in [1.82, 2.24) is 10.2 Å². The van der Waals surface area contributed by atoms with E-state index in [-0.39, 0.29) is 12.1 Å². The molecule has 0 bridgehead atoms. The zero-order valence-corrected chi connectivity index (χ0v) is 11.3. The Labute approximate surface area is 115 Å². The van der Waals surface area contributed by atoms with Gasteiger partial charge in [0.15, 0.2) is 0 Å². The van der Waals surface area contributed by atoms with E-state index in [0.29, 0.717) is 0 Å². The highest BCUT2D eigenvalue weighted by molar-refractivity contribution is 5.32. The molecule has 3 rings (SSSR count). The lowest BCUT2D eigenvalue weighted by Crippen LogP contribution is -2.50.